The largest absolute Gasteiger partial charge is 0.464 e. The van der Waals surface area contributed by atoms with Crippen LogP contribution in [0.1, 0.15) is 10.5 Å². The number of nitrogens with one attached hydrogen (secondary N) is 1. The van der Waals surface area contributed by atoms with Gasteiger partial charge in [0.1, 0.15) is 5.52 Å². The number of aromatic amines is 1. The van der Waals surface area contributed by atoms with Crippen LogP contribution in [0.3, 0.4) is 0 Å². The molecule has 2 heterocycles. The molecule has 14 heavy (non-hydrogen) atoms. The first-order valence-electron chi connectivity index (χ1n) is 3.80. The number of nitrogens with zero attached hydrogens (tertiary/aromatic N) is 2. The summed E-state index contributed by atoms with van der Waals surface area (Å²) in [4.78, 5) is 22.2. The van der Waals surface area contributed by atoms with E-state index < -0.39 is 5.97 Å². The molecule has 0 saturated heterocycles. The molecule has 0 radical (unpaired) electrons. The van der Waals surface area contributed by atoms with Crippen molar-refractivity contribution in [3.05, 3.63) is 22.6 Å². The van der Waals surface area contributed by atoms with E-state index in [1.165, 1.54) is 13.3 Å². The lowest BCUT2D eigenvalue weighted by molar-refractivity contribution is 0.0594. The number of esters is 1. The van der Waals surface area contributed by atoms with Crippen molar-refractivity contribution < 1.29 is 9.53 Å². The number of ether oxygens (including phenoxy) is 1. The Morgan fingerprint density at radius 2 is 2.43 bits per heavy atom. The fourth-order valence-electron chi connectivity index (χ4n) is 1.06. The fourth-order valence-corrected chi connectivity index (χ4v) is 1.46. The Balaban J connectivity index is 2.60. The average molecular weight is 256 g/mol. The molecule has 0 aliphatic heterocycles. The van der Waals surface area contributed by atoms with Gasteiger partial charge in [-0.2, -0.15) is 0 Å². The smallest absolute Gasteiger partial charge is 0.358 e. The van der Waals surface area contributed by atoms with Crippen LogP contribution in [0.2, 0.25) is 0 Å². The van der Waals surface area contributed by atoms with Gasteiger partial charge in [0.2, 0.25) is 0 Å². The third kappa shape index (κ3) is 1.37. The van der Waals surface area contributed by atoms with Crippen LogP contribution in [0.15, 0.2) is 16.9 Å². The second kappa shape index (κ2) is 3.38. The molecule has 0 aromatic carbocycles. The number of hydrogen-bond acceptors (Lipinski definition) is 4. The number of hydrogen-bond donors (Lipinski definition) is 1. The Morgan fingerprint density at radius 3 is 3.14 bits per heavy atom. The minimum Gasteiger partial charge on any atom is -0.464 e. The van der Waals surface area contributed by atoms with E-state index in [1.807, 2.05) is 0 Å². The molecule has 0 amide bonds. The van der Waals surface area contributed by atoms with Crippen molar-refractivity contribution in [3.8, 4) is 0 Å². The summed E-state index contributed by atoms with van der Waals surface area (Å²) in [6, 6.07) is 0. The van der Waals surface area contributed by atoms with E-state index >= 15 is 0 Å². The molecule has 0 aliphatic carbocycles. The number of methoxy groups -OCH3 is 1. The quantitative estimate of drug-likeness (QED) is 0.785. The summed E-state index contributed by atoms with van der Waals surface area (Å²) in [6.07, 6.45) is 3.09. The molecule has 5 nitrogen and oxygen atoms in total. The van der Waals surface area contributed by atoms with Crippen molar-refractivity contribution in [1.82, 2.24) is 15.0 Å². The lowest BCUT2D eigenvalue weighted by Crippen LogP contribution is -2.04. The van der Waals surface area contributed by atoms with E-state index in [0.29, 0.717) is 11.2 Å². The number of rotatable bonds is 1. The van der Waals surface area contributed by atoms with Gasteiger partial charge in [0.25, 0.3) is 0 Å². The van der Waals surface area contributed by atoms with Gasteiger partial charge >= 0.3 is 5.97 Å². The van der Waals surface area contributed by atoms with Crippen molar-refractivity contribution in [2.75, 3.05) is 7.11 Å². The standard InChI is InChI=1S/C8H6BrN3O2/c1-14-8(13)5-3-11-7-6(12-5)4(9)2-10-7/h2-3H,1H3,(H,10,11). The first-order valence-corrected chi connectivity index (χ1v) is 4.59. The van der Waals surface area contributed by atoms with Crippen molar-refractivity contribution >= 4 is 33.1 Å². The number of carbonyl (C=O) groups excluding carboxylic acids is 1. The average Bonchev–Trinajstić information content (AvgIpc) is 2.59. The maximum Gasteiger partial charge on any atom is 0.358 e. The summed E-state index contributed by atoms with van der Waals surface area (Å²) >= 11 is 3.29. The number of halogens is 1. The Kier molecular flexibility index (Phi) is 2.20. The van der Waals surface area contributed by atoms with E-state index in [-0.39, 0.29) is 5.69 Å². The van der Waals surface area contributed by atoms with E-state index in [9.17, 15) is 4.79 Å². The molecule has 2 rings (SSSR count). The highest BCUT2D eigenvalue weighted by molar-refractivity contribution is 9.10. The molecule has 0 unspecified atom stereocenters. The van der Waals surface area contributed by atoms with Crippen LogP contribution in [-0.4, -0.2) is 28.0 Å². The Labute approximate surface area is 87.6 Å². The third-order valence-corrected chi connectivity index (χ3v) is 2.33. The second-order valence-electron chi connectivity index (χ2n) is 2.58. The predicted molar refractivity (Wildman–Crippen MR) is 52.9 cm³/mol. The zero-order chi connectivity index (χ0) is 10.1. The normalized spacial score (nSPS) is 10.4. The third-order valence-electron chi connectivity index (χ3n) is 1.73. The van der Waals surface area contributed by atoms with Gasteiger partial charge in [-0.1, -0.05) is 0 Å². The molecule has 0 spiro atoms. The summed E-state index contributed by atoms with van der Waals surface area (Å²) in [5.41, 5.74) is 1.44. The van der Waals surface area contributed by atoms with Gasteiger partial charge in [-0.3, -0.25) is 0 Å². The molecule has 72 valence electrons. The van der Waals surface area contributed by atoms with Gasteiger partial charge in [0, 0.05) is 6.20 Å². The highest BCUT2D eigenvalue weighted by atomic mass is 79.9. The summed E-state index contributed by atoms with van der Waals surface area (Å²) in [5.74, 6) is -0.493. The number of H-pyrrole nitrogens is 1. The molecular weight excluding hydrogens is 250 g/mol. The maximum atomic E-state index is 11.1. The molecule has 0 bridgehead atoms. The maximum absolute atomic E-state index is 11.1. The minimum absolute atomic E-state index is 0.195. The lowest BCUT2D eigenvalue weighted by atomic mass is 10.4. The highest BCUT2D eigenvalue weighted by Crippen LogP contribution is 2.19. The van der Waals surface area contributed by atoms with Crippen molar-refractivity contribution in [3.63, 3.8) is 0 Å². The molecule has 0 atom stereocenters. The molecular formula is C8H6BrN3O2. The van der Waals surface area contributed by atoms with Gasteiger partial charge in [-0.05, 0) is 15.9 Å². The number of aromatic nitrogens is 3. The van der Waals surface area contributed by atoms with Gasteiger partial charge in [-0.25, -0.2) is 14.8 Å². The second-order valence-corrected chi connectivity index (χ2v) is 3.43. The van der Waals surface area contributed by atoms with E-state index in [4.69, 9.17) is 0 Å². The topological polar surface area (TPSA) is 67.9 Å². The summed E-state index contributed by atoms with van der Waals surface area (Å²) < 4.78 is 5.30. The Hall–Kier alpha value is -1.43. The first-order chi connectivity index (χ1) is 6.72. The van der Waals surface area contributed by atoms with E-state index in [1.54, 1.807) is 6.20 Å². The van der Waals surface area contributed by atoms with Crippen LogP contribution in [0.5, 0.6) is 0 Å². The SMILES string of the molecule is COC(=O)c1cnc2[nH]cc(Br)c2n1. The number of fused-ring (bicyclic) bond motifs is 1. The van der Waals surface area contributed by atoms with Crippen molar-refractivity contribution in [2.24, 2.45) is 0 Å². The van der Waals surface area contributed by atoms with E-state index in [0.717, 1.165) is 4.47 Å². The number of carbonyl (C=O) groups is 1. The van der Waals surface area contributed by atoms with Crippen molar-refractivity contribution in [2.45, 2.75) is 0 Å². The zero-order valence-electron chi connectivity index (χ0n) is 7.24. The molecule has 0 saturated carbocycles. The zero-order valence-corrected chi connectivity index (χ0v) is 8.83. The summed E-state index contributed by atoms with van der Waals surface area (Å²) in [7, 11) is 1.31. The Bertz CT molecular complexity index is 494. The molecule has 2 aromatic rings. The van der Waals surface area contributed by atoms with Crippen molar-refractivity contribution in [1.29, 1.82) is 0 Å². The Morgan fingerprint density at radius 1 is 1.64 bits per heavy atom. The molecule has 1 N–H and O–H groups in total. The minimum atomic E-state index is -0.493. The van der Waals surface area contributed by atoms with E-state index in [2.05, 4.69) is 35.6 Å². The van der Waals surface area contributed by atoms with Gasteiger partial charge in [-0.15, -0.1) is 0 Å². The van der Waals surface area contributed by atoms with Crippen LogP contribution in [0.25, 0.3) is 11.2 Å². The van der Waals surface area contributed by atoms with Gasteiger partial charge < -0.3 is 9.72 Å². The van der Waals surface area contributed by atoms with Crippen LogP contribution in [0, 0.1) is 0 Å². The van der Waals surface area contributed by atoms with Crippen LogP contribution in [-0.2, 0) is 4.74 Å². The molecule has 2 aromatic heterocycles. The highest BCUT2D eigenvalue weighted by Gasteiger charge is 2.11. The van der Waals surface area contributed by atoms with Crippen LogP contribution in [0.4, 0.5) is 0 Å². The van der Waals surface area contributed by atoms with Crippen LogP contribution >= 0.6 is 15.9 Å². The van der Waals surface area contributed by atoms with Gasteiger partial charge in [0.15, 0.2) is 11.3 Å². The molecule has 6 heteroatoms. The summed E-state index contributed by atoms with van der Waals surface area (Å²) in [6.45, 7) is 0. The predicted octanol–water partition coefficient (Wildman–Crippen LogP) is 1.51. The van der Waals surface area contributed by atoms with Gasteiger partial charge in [0.05, 0.1) is 17.8 Å². The van der Waals surface area contributed by atoms with Crippen LogP contribution < -0.4 is 0 Å². The molecule has 0 fully saturated rings. The summed E-state index contributed by atoms with van der Waals surface area (Å²) in [5, 5.41) is 0. The first kappa shape index (κ1) is 9.14. The lowest BCUT2D eigenvalue weighted by Gasteiger charge is -1.97. The molecule has 0 aliphatic rings. The fraction of sp³-hybridized carbons (Fsp3) is 0.125. The monoisotopic (exact) mass is 255 g/mol.